The molecule has 0 aliphatic carbocycles. The van der Waals surface area contributed by atoms with Crippen molar-refractivity contribution in [3.05, 3.63) is 59.8 Å². The topological polar surface area (TPSA) is 52.5 Å². The molecule has 28 heavy (non-hydrogen) atoms. The summed E-state index contributed by atoms with van der Waals surface area (Å²) >= 11 is 0. The normalized spacial score (nSPS) is 13.6. The van der Waals surface area contributed by atoms with Crippen LogP contribution in [0.3, 0.4) is 0 Å². The van der Waals surface area contributed by atoms with Crippen LogP contribution in [0.15, 0.2) is 48.7 Å². The van der Waals surface area contributed by atoms with Gasteiger partial charge in [-0.2, -0.15) is 0 Å². The Morgan fingerprint density at radius 2 is 1.96 bits per heavy atom. The van der Waals surface area contributed by atoms with Crippen molar-refractivity contribution in [3.8, 4) is 11.5 Å². The molecule has 0 unspecified atom stereocenters. The van der Waals surface area contributed by atoms with Crippen LogP contribution in [0.2, 0.25) is 0 Å². The lowest BCUT2D eigenvalue weighted by Gasteiger charge is -2.18. The molecule has 5 nitrogen and oxygen atoms in total. The highest BCUT2D eigenvalue weighted by molar-refractivity contribution is 5.86. The Hall–Kier alpha value is -2.95. The zero-order valence-electron chi connectivity index (χ0n) is 16.4. The van der Waals surface area contributed by atoms with E-state index in [0.717, 1.165) is 30.0 Å². The molecule has 1 N–H and O–H groups in total. The molecule has 1 amide bonds. The first-order valence-electron chi connectivity index (χ1n) is 9.95. The summed E-state index contributed by atoms with van der Waals surface area (Å²) in [5, 5.41) is 4.21. The highest BCUT2D eigenvalue weighted by Crippen LogP contribution is 2.40. The maximum absolute atomic E-state index is 12.6. The Balaban J connectivity index is 1.78. The number of nitrogens with one attached hydrogen (secondary N) is 1. The number of hydrogen-bond acceptors (Lipinski definition) is 3. The quantitative estimate of drug-likeness (QED) is 0.661. The second kappa shape index (κ2) is 7.97. The molecule has 0 saturated heterocycles. The fourth-order valence-corrected chi connectivity index (χ4v) is 3.87. The van der Waals surface area contributed by atoms with Crippen molar-refractivity contribution in [1.82, 2.24) is 9.88 Å². The van der Waals surface area contributed by atoms with Crippen LogP contribution in [-0.4, -0.2) is 23.8 Å². The zero-order valence-corrected chi connectivity index (χ0v) is 16.4. The molecule has 0 spiro atoms. The van der Waals surface area contributed by atoms with Crippen LogP contribution in [0.1, 0.15) is 43.7 Å². The SMILES string of the molecule is CCCNC(=O)C[C@H](c1ccc2c(c1)OCO2)c1cn(CC)c2ccccc12. The molecular weight excluding hydrogens is 352 g/mol. The van der Waals surface area contributed by atoms with Crippen molar-refractivity contribution in [3.63, 3.8) is 0 Å². The van der Waals surface area contributed by atoms with Gasteiger partial charge >= 0.3 is 0 Å². The summed E-state index contributed by atoms with van der Waals surface area (Å²) in [4.78, 5) is 12.6. The van der Waals surface area contributed by atoms with Crippen molar-refractivity contribution in [2.45, 2.75) is 39.2 Å². The Morgan fingerprint density at radius 1 is 1.14 bits per heavy atom. The first-order chi connectivity index (χ1) is 13.7. The predicted octanol–water partition coefficient (Wildman–Crippen LogP) is 4.44. The summed E-state index contributed by atoms with van der Waals surface area (Å²) in [7, 11) is 0. The summed E-state index contributed by atoms with van der Waals surface area (Å²) in [6, 6.07) is 14.4. The van der Waals surface area contributed by atoms with Crippen LogP contribution in [-0.2, 0) is 11.3 Å². The summed E-state index contributed by atoms with van der Waals surface area (Å²) in [5.74, 6) is 1.52. The van der Waals surface area contributed by atoms with Gasteiger partial charge in [-0.15, -0.1) is 0 Å². The number of carbonyl (C=O) groups is 1. The van der Waals surface area contributed by atoms with E-state index in [1.165, 1.54) is 16.5 Å². The van der Waals surface area contributed by atoms with Crippen molar-refractivity contribution in [2.24, 2.45) is 0 Å². The van der Waals surface area contributed by atoms with Crippen molar-refractivity contribution in [1.29, 1.82) is 0 Å². The lowest BCUT2D eigenvalue weighted by Crippen LogP contribution is -2.26. The van der Waals surface area contributed by atoms with Gasteiger partial charge in [0.15, 0.2) is 11.5 Å². The zero-order chi connectivity index (χ0) is 19.5. The molecule has 1 aliphatic heterocycles. The van der Waals surface area contributed by atoms with Crippen molar-refractivity contribution < 1.29 is 14.3 Å². The van der Waals surface area contributed by atoms with Gasteiger partial charge < -0.3 is 19.4 Å². The number of hydrogen-bond donors (Lipinski definition) is 1. The van der Waals surface area contributed by atoms with E-state index in [1.807, 2.05) is 18.2 Å². The minimum Gasteiger partial charge on any atom is -0.454 e. The van der Waals surface area contributed by atoms with E-state index in [1.54, 1.807) is 0 Å². The monoisotopic (exact) mass is 378 g/mol. The summed E-state index contributed by atoms with van der Waals surface area (Å²) in [6.45, 7) is 6.03. The smallest absolute Gasteiger partial charge is 0.231 e. The Bertz CT molecular complexity index is 993. The maximum atomic E-state index is 12.6. The van der Waals surface area contributed by atoms with Crippen LogP contribution in [0, 0.1) is 0 Å². The number of ether oxygens (including phenoxy) is 2. The third-order valence-corrected chi connectivity index (χ3v) is 5.30. The molecule has 4 rings (SSSR count). The lowest BCUT2D eigenvalue weighted by atomic mass is 9.87. The van der Waals surface area contributed by atoms with Gasteiger partial charge in [0.05, 0.1) is 0 Å². The van der Waals surface area contributed by atoms with Gasteiger partial charge in [0.2, 0.25) is 12.7 Å². The molecule has 0 saturated carbocycles. The number of aryl methyl sites for hydroxylation is 1. The van der Waals surface area contributed by atoms with Gasteiger partial charge in [0.1, 0.15) is 0 Å². The molecule has 0 fully saturated rings. The molecule has 2 heterocycles. The van der Waals surface area contributed by atoms with Gasteiger partial charge in [-0.25, -0.2) is 0 Å². The molecular formula is C23H26N2O3. The van der Waals surface area contributed by atoms with E-state index in [4.69, 9.17) is 9.47 Å². The molecule has 0 radical (unpaired) electrons. The standard InChI is InChI=1S/C23H26N2O3/c1-3-11-24-23(26)13-18(16-9-10-21-22(12-16)28-15-27-21)19-14-25(4-2)20-8-6-5-7-17(19)20/h5-10,12,14,18H,3-4,11,13,15H2,1-2H3,(H,24,26)/t18-/m1/s1. The minimum absolute atomic E-state index is 0.0518. The van der Waals surface area contributed by atoms with Gasteiger partial charge in [-0.1, -0.05) is 31.2 Å². The van der Waals surface area contributed by atoms with E-state index in [9.17, 15) is 4.79 Å². The molecule has 146 valence electrons. The van der Waals surface area contributed by atoms with E-state index >= 15 is 0 Å². The van der Waals surface area contributed by atoms with E-state index in [0.29, 0.717) is 13.0 Å². The number of para-hydroxylation sites is 1. The van der Waals surface area contributed by atoms with Gasteiger partial charge in [0.25, 0.3) is 0 Å². The molecule has 1 aromatic heterocycles. The van der Waals surface area contributed by atoms with Gasteiger partial charge in [-0.05, 0) is 42.7 Å². The number of rotatable bonds is 7. The van der Waals surface area contributed by atoms with Gasteiger partial charge in [-0.3, -0.25) is 4.79 Å². The first kappa shape index (κ1) is 18.4. The minimum atomic E-state index is -0.0518. The number of aromatic nitrogens is 1. The maximum Gasteiger partial charge on any atom is 0.231 e. The highest BCUT2D eigenvalue weighted by atomic mass is 16.7. The molecule has 3 aromatic rings. The third-order valence-electron chi connectivity index (χ3n) is 5.30. The largest absolute Gasteiger partial charge is 0.454 e. The summed E-state index contributed by atoms with van der Waals surface area (Å²) in [5.41, 5.74) is 3.43. The van der Waals surface area contributed by atoms with E-state index in [-0.39, 0.29) is 18.6 Å². The molecule has 2 aromatic carbocycles. The number of fused-ring (bicyclic) bond motifs is 2. The van der Waals surface area contributed by atoms with Crippen LogP contribution < -0.4 is 14.8 Å². The molecule has 5 heteroatoms. The Morgan fingerprint density at radius 3 is 2.79 bits per heavy atom. The number of benzene rings is 2. The molecule has 1 aliphatic rings. The van der Waals surface area contributed by atoms with E-state index < -0.39 is 0 Å². The first-order valence-corrected chi connectivity index (χ1v) is 9.95. The summed E-state index contributed by atoms with van der Waals surface area (Å²) in [6.07, 6.45) is 3.51. The van der Waals surface area contributed by atoms with Crippen molar-refractivity contribution in [2.75, 3.05) is 13.3 Å². The highest BCUT2D eigenvalue weighted by Gasteiger charge is 2.24. The van der Waals surface area contributed by atoms with Crippen LogP contribution in [0.4, 0.5) is 0 Å². The fourth-order valence-electron chi connectivity index (χ4n) is 3.87. The van der Waals surface area contributed by atoms with Crippen LogP contribution in [0.5, 0.6) is 11.5 Å². The van der Waals surface area contributed by atoms with Gasteiger partial charge in [0, 0.05) is 42.5 Å². The Labute approximate surface area is 165 Å². The number of carbonyl (C=O) groups excluding carboxylic acids is 1. The lowest BCUT2D eigenvalue weighted by molar-refractivity contribution is -0.121. The average Bonchev–Trinajstić information content (AvgIpc) is 3.34. The number of nitrogens with zero attached hydrogens (tertiary/aromatic N) is 1. The van der Waals surface area contributed by atoms with Crippen molar-refractivity contribution >= 4 is 16.8 Å². The summed E-state index contributed by atoms with van der Waals surface area (Å²) < 4.78 is 13.3. The van der Waals surface area contributed by atoms with E-state index in [2.05, 4.69) is 54.2 Å². The second-order valence-electron chi connectivity index (χ2n) is 7.11. The van der Waals surface area contributed by atoms with Crippen LogP contribution in [0.25, 0.3) is 10.9 Å². The average molecular weight is 378 g/mol. The second-order valence-corrected chi connectivity index (χ2v) is 7.11. The molecule has 0 bridgehead atoms. The predicted molar refractivity (Wildman–Crippen MR) is 110 cm³/mol. The number of amides is 1. The Kier molecular flexibility index (Phi) is 5.24. The fraction of sp³-hybridized carbons (Fsp3) is 0.348. The van der Waals surface area contributed by atoms with Crippen LogP contribution >= 0.6 is 0 Å². The third kappa shape index (κ3) is 3.44. The molecule has 1 atom stereocenters.